The third-order valence-corrected chi connectivity index (χ3v) is 5.09. The van der Waals surface area contributed by atoms with Crippen molar-refractivity contribution in [2.45, 2.75) is 15.6 Å². The van der Waals surface area contributed by atoms with Gasteiger partial charge >= 0.3 is 11.9 Å². The molecule has 1 saturated heterocycles. The summed E-state index contributed by atoms with van der Waals surface area (Å²) in [4.78, 5) is 35.6. The fourth-order valence-electron chi connectivity index (χ4n) is 1.39. The van der Waals surface area contributed by atoms with Crippen LogP contribution in [0.2, 0.25) is 0 Å². The molecule has 0 radical (unpaired) electrons. The lowest BCUT2D eigenvalue weighted by Crippen LogP contribution is -2.52. The minimum atomic E-state index is -2.23. The Balaban J connectivity index is 1.85. The average Bonchev–Trinajstić information content (AvgIpc) is 2.35. The molecular weight excluding hydrogens is 373 g/mol. The van der Waals surface area contributed by atoms with Crippen LogP contribution < -0.4 is 0 Å². The number of nitrogens with zero attached hydrogens (tertiary/aromatic N) is 1. The zero-order chi connectivity index (χ0) is 14.9. The van der Waals surface area contributed by atoms with E-state index in [4.69, 9.17) is 39.5 Å². The molecule has 20 heavy (non-hydrogen) atoms. The molecule has 0 bridgehead atoms. The van der Waals surface area contributed by atoms with E-state index >= 15 is 0 Å². The van der Waals surface area contributed by atoms with E-state index in [-0.39, 0.29) is 17.0 Å². The van der Waals surface area contributed by atoms with Crippen LogP contribution >= 0.6 is 56.4 Å². The fourth-order valence-corrected chi connectivity index (χ4v) is 3.85. The Hall–Kier alpha value is -0.280. The summed E-state index contributed by atoms with van der Waals surface area (Å²) in [6.45, 7) is -0.701. The van der Waals surface area contributed by atoms with Crippen LogP contribution in [0.25, 0.3) is 0 Å². The van der Waals surface area contributed by atoms with Crippen molar-refractivity contribution in [2.75, 3.05) is 6.79 Å². The highest BCUT2D eigenvalue weighted by Gasteiger charge is 2.44. The zero-order valence-electron chi connectivity index (χ0n) is 9.51. The van der Waals surface area contributed by atoms with Gasteiger partial charge in [-0.25, -0.2) is 9.59 Å². The highest BCUT2D eigenvalue weighted by atomic mass is 35.6. The monoisotopic (exact) mass is 377 g/mol. The molecule has 0 unspecified atom stereocenters. The highest BCUT2D eigenvalue weighted by Crippen LogP contribution is 2.45. The van der Waals surface area contributed by atoms with Crippen molar-refractivity contribution in [3.63, 3.8) is 0 Å². The number of β-lactam (4-membered cyclic amide) rings is 1. The number of halogens is 3. The van der Waals surface area contributed by atoms with Gasteiger partial charge in [-0.15, -0.1) is 0 Å². The summed E-state index contributed by atoms with van der Waals surface area (Å²) in [5, 5.41) is 1.43. The number of ether oxygens (including phenoxy) is 2. The maximum atomic E-state index is 11.8. The second kappa shape index (κ2) is 6.23. The molecule has 1 fully saturated rings. The first-order chi connectivity index (χ1) is 9.30. The second-order valence-electron chi connectivity index (χ2n) is 3.60. The molecule has 1 atom stereocenters. The number of fused-ring (bicyclic) bond motifs is 1. The lowest BCUT2D eigenvalue weighted by atomic mass is 10.2. The van der Waals surface area contributed by atoms with Crippen LogP contribution in [0.5, 0.6) is 0 Å². The van der Waals surface area contributed by atoms with Crippen LogP contribution in [-0.2, 0) is 23.9 Å². The SMILES string of the molecule is O=C(OCOC(=O)C(Cl)(Cl)Cl)C1=CSS[C@@H]2CC(=O)N12. The highest BCUT2D eigenvalue weighted by molar-refractivity contribution is 8.78. The van der Waals surface area contributed by atoms with E-state index in [1.807, 2.05) is 0 Å². The van der Waals surface area contributed by atoms with E-state index in [0.29, 0.717) is 6.42 Å². The predicted octanol–water partition coefficient (Wildman–Crippen LogP) is 2.20. The van der Waals surface area contributed by atoms with Crippen LogP contribution in [0.4, 0.5) is 0 Å². The first-order valence-electron chi connectivity index (χ1n) is 5.06. The minimum absolute atomic E-state index is 0.0659. The number of carbonyl (C=O) groups excluding carboxylic acids is 3. The molecule has 2 rings (SSSR count). The van der Waals surface area contributed by atoms with Gasteiger partial charge in [-0.1, -0.05) is 56.4 Å². The molecule has 110 valence electrons. The van der Waals surface area contributed by atoms with E-state index in [0.717, 1.165) is 0 Å². The zero-order valence-corrected chi connectivity index (χ0v) is 13.4. The van der Waals surface area contributed by atoms with E-state index in [1.165, 1.54) is 31.9 Å². The Morgan fingerprint density at radius 2 is 2.10 bits per heavy atom. The average molecular weight is 379 g/mol. The molecule has 2 aliphatic heterocycles. The molecule has 0 aromatic carbocycles. The van der Waals surface area contributed by atoms with Crippen LogP contribution in [0, 0.1) is 0 Å². The standard InChI is InChI=1S/C9H6Cl3NO5S2/c10-9(11,12)8(16)18-3-17-7(15)4-2-19-20-6-1-5(14)13(4)6/h2,6H,1,3H2/t6-/m1/s1. The Kier molecular flexibility index (Phi) is 5.01. The summed E-state index contributed by atoms with van der Waals surface area (Å²) in [5.74, 6) is -2.10. The van der Waals surface area contributed by atoms with E-state index in [1.54, 1.807) is 0 Å². The largest absolute Gasteiger partial charge is 0.425 e. The van der Waals surface area contributed by atoms with Crippen molar-refractivity contribution in [1.29, 1.82) is 0 Å². The van der Waals surface area contributed by atoms with Crippen LogP contribution in [-0.4, -0.2) is 38.7 Å². The fraction of sp³-hybridized carbons (Fsp3) is 0.444. The van der Waals surface area contributed by atoms with Gasteiger partial charge in [0, 0.05) is 5.41 Å². The van der Waals surface area contributed by atoms with Gasteiger partial charge in [-0.05, 0) is 0 Å². The van der Waals surface area contributed by atoms with Gasteiger partial charge < -0.3 is 9.47 Å². The molecule has 2 aliphatic rings. The van der Waals surface area contributed by atoms with Gasteiger partial charge in [-0.3, -0.25) is 9.69 Å². The summed E-state index contributed by atoms with van der Waals surface area (Å²) in [6.07, 6.45) is 0.380. The normalized spacial score (nSPS) is 21.6. The first kappa shape index (κ1) is 16.1. The summed E-state index contributed by atoms with van der Waals surface area (Å²) in [6, 6.07) is 0. The first-order valence-corrected chi connectivity index (χ1v) is 8.47. The molecule has 0 aromatic heterocycles. The van der Waals surface area contributed by atoms with Crippen molar-refractivity contribution in [2.24, 2.45) is 0 Å². The van der Waals surface area contributed by atoms with Gasteiger partial charge in [0.15, 0.2) is 0 Å². The van der Waals surface area contributed by atoms with E-state index in [2.05, 4.69) is 4.74 Å². The molecule has 0 N–H and O–H groups in total. The van der Waals surface area contributed by atoms with Crippen LogP contribution in [0.15, 0.2) is 11.1 Å². The summed E-state index contributed by atoms with van der Waals surface area (Å²) < 4.78 is 6.93. The Labute approximate surface area is 136 Å². The number of amides is 1. The molecule has 0 spiro atoms. The van der Waals surface area contributed by atoms with Crippen molar-refractivity contribution in [1.82, 2.24) is 4.90 Å². The quantitative estimate of drug-likeness (QED) is 0.245. The molecule has 11 heteroatoms. The number of alkyl halides is 3. The summed E-state index contributed by atoms with van der Waals surface area (Å²) >= 11 is 15.8. The van der Waals surface area contributed by atoms with Gasteiger partial charge in [-0.2, -0.15) is 0 Å². The van der Waals surface area contributed by atoms with Crippen molar-refractivity contribution in [3.05, 3.63) is 11.1 Å². The third kappa shape index (κ3) is 3.48. The molecule has 1 amide bonds. The molecule has 6 nitrogen and oxygen atoms in total. The smallest absolute Gasteiger partial charge is 0.361 e. The maximum absolute atomic E-state index is 11.8. The Morgan fingerprint density at radius 1 is 1.40 bits per heavy atom. The molecule has 0 aliphatic carbocycles. The number of hydrogen-bond donors (Lipinski definition) is 0. The molecule has 0 saturated carbocycles. The number of carbonyl (C=O) groups is 3. The molecular formula is C9H6Cl3NO5S2. The van der Waals surface area contributed by atoms with Crippen molar-refractivity contribution < 1.29 is 23.9 Å². The predicted molar refractivity (Wildman–Crippen MR) is 75.9 cm³/mol. The van der Waals surface area contributed by atoms with Gasteiger partial charge in [0.25, 0.3) is 3.79 Å². The van der Waals surface area contributed by atoms with Gasteiger partial charge in [0.1, 0.15) is 11.1 Å². The Morgan fingerprint density at radius 3 is 2.70 bits per heavy atom. The number of hydrogen-bond acceptors (Lipinski definition) is 7. The number of rotatable bonds is 3. The topological polar surface area (TPSA) is 72.9 Å². The lowest BCUT2D eigenvalue weighted by molar-refractivity contribution is -0.166. The van der Waals surface area contributed by atoms with Crippen molar-refractivity contribution in [3.8, 4) is 0 Å². The van der Waals surface area contributed by atoms with Crippen molar-refractivity contribution >= 4 is 74.2 Å². The maximum Gasteiger partial charge on any atom is 0.361 e. The number of esters is 2. The molecule has 2 heterocycles. The summed E-state index contributed by atoms with van der Waals surface area (Å²) in [5.41, 5.74) is 0.111. The van der Waals surface area contributed by atoms with Crippen LogP contribution in [0.1, 0.15) is 6.42 Å². The van der Waals surface area contributed by atoms with Crippen LogP contribution in [0.3, 0.4) is 0 Å². The summed E-state index contributed by atoms with van der Waals surface area (Å²) in [7, 11) is 2.80. The third-order valence-electron chi connectivity index (χ3n) is 2.31. The van der Waals surface area contributed by atoms with Gasteiger partial charge in [0.05, 0.1) is 6.42 Å². The van der Waals surface area contributed by atoms with E-state index in [9.17, 15) is 14.4 Å². The second-order valence-corrected chi connectivity index (χ2v) is 8.20. The lowest BCUT2D eigenvalue weighted by Gasteiger charge is -2.41. The minimum Gasteiger partial charge on any atom is -0.425 e. The Bertz CT molecular complexity index is 492. The van der Waals surface area contributed by atoms with Gasteiger partial charge in [0.2, 0.25) is 12.7 Å². The molecule has 0 aromatic rings. The van der Waals surface area contributed by atoms with E-state index < -0.39 is 22.5 Å².